The van der Waals surface area contributed by atoms with Crippen molar-refractivity contribution in [2.45, 2.75) is 44.0 Å². The maximum Gasteiger partial charge on any atom is 0.232 e. The number of aliphatic hydroxyl groups is 2. The molecule has 4 unspecified atom stereocenters. The summed E-state index contributed by atoms with van der Waals surface area (Å²) in [5, 5.41) is 27.9. The number of nitrogen functional groups attached to an aromatic ring is 1. The van der Waals surface area contributed by atoms with E-state index in [2.05, 4.69) is 30.4 Å². The molecular weight excluding hydrogens is 513 g/mol. The molecule has 5 N–H and O–H groups in total. The van der Waals surface area contributed by atoms with Gasteiger partial charge in [-0.2, -0.15) is 0 Å². The number of rotatable bonds is 7. The van der Waals surface area contributed by atoms with Gasteiger partial charge in [0.05, 0.1) is 48.2 Å². The molecule has 1 fully saturated rings. The summed E-state index contributed by atoms with van der Waals surface area (Å²) >= 11 is 0. The van der Waals surface area contributed by atoms with Crippen molar-refractivity contribution in [1.82, 2.24) is 25.3 Å². The van der Waals surface area contributed by atoms with Gasteiger partial charge in [-0.05, 0) is 24.6 Å². The number of nitrogens with two attached hydrogens (primary N) is 1. The van der Waals surface area contributed by atoms with Gasteiger partial charge in [0.1, 0.15) is 30.7 Å². The molecular formula is C25H28FN7O6. The molecule has 4 heterocycles. The Labute approximate surface area is 222 Å². The van der Waals surface area contributed by atoms with Crippen molar-refractivity contribution in [3.8, 4) is 17.1 Å². The van der Waals surface area contributed by atoms with Crippen LogP contribution in [0.15, 0.2) is 35.7 Å². The van der Waals surface area contributed by atoms with Crippen molar-refractivity contribution in [2.24, 2.45) is 5.16 Å². The zero-order valence-corrected chi connectivity index (χ0v) is 21.4. The SMILES string of the molecule is COc1cncc(-c2cc(F)ccc2[C@H]2Cc3nc(N)nc(C)c3/C(=N/OCC3OC(OC)C(O)C3O)N2)n1. The number of nitrogens with one attached hydrogen (secondary N) is 1. The molecule has 0 saturated carbocycles. The first-order chi connectivity index (χ1) is 18.8. The summed E-state index contributed by atoms with van der Waals surface area (Å²) in [6.45, 7) is 1.60. The van der Waals surface area contributed by atoms with Crippen LogP contribution in [0.2, 0.25) is 0 Å². The fraction of sp³-hybridized carbons (Fsp3) is 0.400. The summed E-state index contributed by atoms with van der Waals surface area (Å²) in [7, 11) is 2.84. The molecule has 206 valence electrons. The predicted octanol–water partition coefficient (Wildman–Crippen LogP) is 0.630. The number of halogens is 1. The lowest BCUT2D eigenvalue weighted by Gasteiger charge is -2.29. The Morgan fingerprint density at radius 3 is 2.74 bits per heavy atom. The number of hydrogen-bond donors (Lipinski definition) is 4. The number of aryl methyl sites for hydroxylation is 1. The van der Waals surface area contributed by atoms with Crippen molar-refractivity contribution >= 4 is 11.8 Å². The number of anilines is 1. The Bertz CT molecular complexity index is 1390. The summed E-state index contributed by atoms with van der Waals surface area (Å²) in [6, 6.07) is 3.94. The quantitative estimate of drug-likeness (QED) is 0.307. The van der Waals surface area contributed by atoms with Crippen LogP contribution in [0.1, 0.15) is 28.6 Å². The van der Waals surface area contributed by atoms with E-state index in [0.29, 0.717) is 46.0 Å². The Morgan fingerprint density at radius 1 is 1.18 bits per heavy atom. The fourth-order valence-corrected chi connectivity index (χ4v) is 4.71. The number of aromatic nitrogens is 4. The molecule has 0 radical (unpaired) electrons. The van der Waals surface area contributed by atoms with E-state index in [9.17, 15) is 14.6 Å². The van der Waals surface area contributed by atoms with Crippen LogP contribution in [0.25, 0.3) is 11.3 Å². The van der Waals surface area contributed by atoms with E-state index >= 15 is 0 Å². The molecule has 2 aliphatic rings. The highest BCUT2D eigenvalue weighted by atomic mass is 19.1. The van der Waals surface area contributed by atoms with Gasteiger partial charge in [-0.1, -0.05) is 11.2 Å². The number of fused-ring (bicyclic) bond motifs is 1. The fourth-order valence-electron chi connectivity index (χ4n) is 4.71. The molecule has 5 atom stereocenters. The second-order valence-electron chi connectivity index (χ2n) is 9.06. The Morgan fingerprint density at radius 2 is 2.00 bits per heavy atom. The number of hydrogen-bond acceptors (Lipinski definition) is 12. The molecule has 0 spiro atoms. The van der Waals surface area contributed by atoms with Crippen molar-refractivity contribution in [2.75, 3.05) is 26.6 Å². The van der Waals surface area contributed by atoms with E-state index in [1.54, 1.807) is 13.0 Å². The predicted molar refractivity (Wildman–Crippen MR) is 135 cm³/mol. The van der Waals surface area contributed by atoms with E-state index in [0.717, 1.165) is 0 Å². The highest BCUT2D eigenvalue weighted by molar-refractivity contribution is 6.01. The standard InChI is InChI=1S/C25H28FN7O6/c1-11-20-16(32-25(27)29-11)7-15(31-23(20)33-38-10-18-21(34)22(35)24(37-3)39-18)13-5-4-12(26)6-14(13)17-8-28-9-19(30-17)36-2/h4-6,8-9,15,18,21-22,24,34-35H,7,10H2,1-3H3,(H,31,33)(H2,27,29,32)/t15-,18?,21?,22?,24?/m1/s1. The van der Waals surface area contributed by atoms with Gasteiger partial charge >= 0.3 is 0 Å². The Kier molecular flexibility index (Phi) is 7.52. The molecule has 39 heavy (non-hydrogen) atoms. The van der Waals surface area contributed by atoms with Gasteiger partial charge in [-0.25, -0.2) is 19.3 Å². The maximum atomic E-state index is 14.4. The van der Waals surface area contributed by atoms with E-state index in [4.69, 9.17) is 24.8 Å². The van der Waals surface area contributed by atoms with Crippen molar-refractivity contribution < 1.29 is 33.7 Å². The highest BCUT2D eigenvalue weighted by Gasteiger charge is 2.43. The molecule has 2 aliphatic heterocycles. The molecule has 2 aromatic heterocycles. The van der Waals surface area contributed by atoms with Crippen LogP contribution in [0.5, 0.6) is 5.88 Å². The monoisotopic (exact) mass is 541 g/mol. The number of aliphatic hydroxyl groups excluding tert-OH is 2. The van der Waals surface area contributed by atoms with Crippen molar-refractivity contribution in [3.05, 3.63) is 58.9 Å². The van der Waals surface area contributed by atoms with Crippen LogP contribution in [0.3, 0.4) is 0 Å². The van der Waals surface area contributed by atoms with Crippen molar-refractivity contribution in [3.63, 3.8) is 0 Å². The summed E-state index contributed by atoms with van der Waals surface area (Å²) in [5.41, 5.74) is 9.37. The summed E-state index contributed by atoms with van der Waals surface area (Å²) < 4.78 is 30.1. The van der Waals surface area contributed by atoms with Crippen molar-refractivity contribution in [1.29, 1.82) is 0 Å². The van der Waals surface area contributed by atoms with Gasteiger partial charge in [0.2, 0.25) is 11.8 Å². The number of oxime groups is 1. The number of benzene rings is 1. The van der Waals surface area contributed by atoms with Crippen LogP contribution in [0, 0.1) is 12.7 Å². The van der Waals surface area contributed by atoms with Crippen LogP contribution in [0.4, 0.5) is 10.3 Å². The van der Waals surface area contributed by atoms with Gasteiger partial charge in [0.15, 0.2) is 12.1 Å². The molecule has 1 aromatic carbocycles. The normalized spacial score (nSPS) is 25.3. The first kappa shape index (κ1) is 26.6. The molecule has 13 nitrogen and oxygen atoms in total. The van der Waals surface area contributed by atoms with Gasteiger partial charge in [-0.15, -0.1) is 0 Å². The molecule has 1 saturated heterocycles. The minimum Gasteiger partial charge on any atom is -0.480 e. The topological polar surface area (TPSA) is 179 Å². The first-order valence-electron chi connectivity index (χ1n) is 12.1. The summed E-state index contributed by atoms with van der Waals surface area (Å²) in [4.78, 5) is 22.8. The lowest BCUT2D eigenvalue weighted by atomic mass is 9.90. The second-order valence-corrected chi connectivity index (χ2v) is 9.06. The minimum absolute atomic E-state index is 0.104. The number of amidine groups is 1. The highest BCUT2D eigenvalue weighted by Crippen LogP contribution is 2.34. The molecule has 14 heteroatoms. The number of ether oxygens (including phenoxy) is 3. The van der Waals surface area contributed by atoms with Crippen LogP contribution >= 0.6 is 0 Å². The van der Waals surface area contributed by atoms with E-state index < -0.39 is 36.5 Å². The molecule has 0 aliphatic carbocycles. The number of methoxy groups -OCH3 is 2. The summed E-state index contributed by atoms with van der Waals surface area (Å²) in [6.07, 6.45) is -0.921. The lowest BCUT2D eigenvalue weighted by Crippen LogP contribution is -2.38. The Balaban J connectivity index is 1.48. The zero-order chi connectivity index (χ0) is 27.7. The van der Waals surface area contributed by atoms with Crippen LogP contribution in [-0.2, 0) is 20.7 Å². The van der Waals surface area contributed by atoms with E-state index in [1.807, 2.05) is 0 Å². The van der Waals surface area contributed by atoms with Crippen LogP contribution in [-0.4, -0.2) is 81.4 Å². The second kappa shape index (κ2) is 11.0. The molecule has 5 rings (SSSR count). The third-order valence-corrected chi connectivity index (χ3v) is 6.56. The van der Waals surface area contributed by atoms with Gasteiger partial charge in [-0.3, -0.25) is 4.98 Å². The van der Waals surface area contributed by atoms with E-state index in [1.165, 1.54) is 38.7 Å². The van der Waals surface area contributed by atoms with Gasteiger partial charge in [0, 0.05) is 19.1 Å². The number of nitrogens with zero attached hydrogens (tertiary/aromatic N) is 5. The van der Waals surface area contributed by atoms with Crippen LogP contribution < -0.4 is 15.8 Å². The smallest absolute Gasteiger partial charge is 0.232 e. The average Bonchev–Trinajstić information content (AvgIpc) is 3.20. The maximum absolute atomic E-state index is 14.4. The third-order valence-electron chi connectivity index (χ3n) is 6.56. The van der Waals surface area contributed by atoms with Gasteiger partial charge < -0.3 is 40.3 Å². The van der Waals surface area contributed by atoms with E-state index in [-0.39, 0.29) is 18.4 Å². The lowest BCUT2D eigenvalue weighted by molar-refractivity contribution is -0.156. The average molecular weight is 542 g/mol. The molecule has 0 bridgehead atoms. The third kappa shape index (κ3) is 5.31. The largest absolute Gasteiger partial charge is 0.480 e. The van der Waals surface area contributed by atoms with Gasteiger partial charge in [0.25, 0.3) is 0 Å². The zero-order valence-electron chi connectivity index (χ0n) is 21.4. The molecule has 3 aromatic rings. The minimum atomic E-state index is -1.22. The molecule has 0 amide bonds. The summed E-state index contributed by atoms with van der Waals surface area (Å²) in [5.74, 6) is 0.254. The Hall–Kier alpha value is -3.98. The first-order valence-corrected chi connectivity index (χ1v) is 12.1.